The summed E-state index contributed by atoms with van der Waals surface area (Å²) in [7, 11) is -3.38. The normalized spacial score (nSPS) is 52.1. The zero-order valence-corrected chi connectivity index (χ0v) is 8.14. The molecular formula is C8H10O5S. The van der Waals surface area contributed by atoms with Crippen LogP contribution in [0.2, 0.25) is 0 Å². The van der Waals surface area contributed by atoms with Crippen LogP contribution in [-0.2, 0) is 23.8 Å². The van der Waals surface area contributed by atoms with E-state index in [1.54, 1.807) is 0 Å². The SMILES string of the molecule is O=COC1C2CC3C1OS(=O)(=O)C3C2. The zero-order valence-electron chi connectivity index (χ0n) is 7.33. The second-order valence-electron chi connectivity index (χ2n) is 4.18. The second kappa shape index (κ2) is 2.49. The number of ether oxygens (including phenoxy) is 1. The molecule has 14 heavy (non-hydrogen) atoms. The van der Waals surface area contributed by atoms with Crippen LogP contribution < -0.4 is 0 Å². The van der Waals surface area contributed by atoms with Crippen molar-refractivity contribution in [2.24, 2.45) is 11.8 Å². The number of hydrogen-bond donors (Lipinski definition) is 0. The Morgan fingerprint density at radius 1 is 1.36 bits per heavy atom. The van der Waals surface area contributed by atoms with Crippen molar-refractivity contribution in [3.05, 3.63) is 0 Å². The molecule has 0 aromatic carbocycles. The molecule has 0 radical (unpaired) electrons. The van der Waals surface area contributed by atoms with Gasteiger partial charge in [0.05, 0.1) is 5.25 Å². The zero-order chi connectivity index (χ0) is 9.92. The number of fused-ring (bicyclic) bond motifs is 1. The fraction of sp³-hybridized carbons (Fsp3) is 0.875. The van der Waals surface area contributed by atoms with E-state index in [9.17, 15) is 13.2 Å². The van der Waals surface area contributed by atoms with Gasteiger partial charge in [0.2, 0.25) is 0 Å². The predicted molar refractivity (Wildman–Crippen MR) is 44.7 cm³/mol. The van der Waals surface area contributed by atoms with E-state index in [1.165, 1.54) is 0 Å². The van der Waals surface area contributed by atoms with Crippen LogP contribution in [0.15, 0.2) is 0 Å². The summed E-state index contributed by atoms with van der Waals surface area (Å²) >= 11 is 0. The van der Waals surface area contributed by atoms with Crippen LogP contribution in [0.4, 0.5) is 0 Å². The first-order valence-corrected chi connectivity index (χ1v) is 6.12. The lowest BCUT2D eigenvalue weighted by molar-refractivity contribution is -0.140. The lowest BCUT2D eigenvalue weighted by Gasteiger charge is -2.22. The fourth-order valence-electron chi connectivity index (χ4n) is 3.13. The number of rotatable bonds is 2. The molecule has 5 atom stereocenters. The van der Waals surface area contributed by atoms with E-state index in [1.807, 2.05) is 0 Å². The van der Waals surface area contributed by atoms with Gasteiger partial charge in [0.1, 0.15) is 12.2 Å². The first-order valence-electron chi connectivity index (χ1n) is 4.64. The molecule has 2 bridgehead atoms. The molecule has 3 rings (SSSR count). The Hall–Kier alpha value is -0.620. The van der Waals surface area contributed by atoms with E-state index < -0.39 is 16.2 Å². The third kappa shape index (κ3) is 0.878. The number of carbonyl (C=O) groups excluding carboxylic acids is 1. The molecule has 3 fully saturated rings. The third-order valence-corrected chi connectivity index (χ3v) is 5.40. The highest BCUT2D eigenvalue weighted by molar-refractivity contribution is 7.87. The van der Waals surface area contributed by atoms with Crippen molar-refractivity contribution >= 4 is 16.6 Å². The molecule has 0 aromatic heterocycles. The van der Waals surface area contributed by atoms with Crippen molar-refractivity contribution < 1.29 is 22.1 Å². The average Bonchev–Trinajstić information content (AvgIpc) is 2.68. The van der Waals surface area contributed by atoms with Gasteiger partial charge in [0, 0.05) is 11.8 Å². The van der Waals surface area contributed by atoms with Crippen LogP contribution >= 0.6 is 0 Å². The Balaban J connectivity index is 1.97. The highest BCUT2D eigenvalue weighted by atomic mass is 32.2. The molecule has 5 nitrogen and oxygen atoms in total. The minimum atomic E-state index is -3.38. The Morgan fingerprint density at radius 3 is 2.86 bits per heavy atom. The monoisotopic (exact) mass is 218 g/mol. The average molecular weight is 218 g/mol. The molecule has 2 aliphatic carbocycles. The largest absolute Gasteiger partial charge is 0.461 e. The van der Waals surface area contributed by atoms with Crippen molar-refractivity contribution in [1.29, 1.82) is 0 Å². The lowest BCUT2D eigenvalue weighted by Crippen LogP contribution is -2.35. The van der Waals surface area contributed by atoms with Crippen molar-refractivity contribution in [3.63, 3.8) is 0 Å². The molecule has 0 N–H and O–H groups in total. The maximum atomic E-state index is 11.5. The third-order valence-electron chi connectivity index (χ3n) is 3.63. The van der Waals surface area contributed by atoms with Gasteiger partial charge in [-0.25, -0.2) is 0 Å². The summed E-state index contributed by atoms with van der Waals surface area (Å²) < 4.78 is 32.8. The van der Waals surface area contributed by atoms with Crippen LogP contribution in [0.5, 0.6) is 0 Å². The summed E-state index contributed by atoms with van der Waals surface area (Å²) in [5.74, 6) is 0.229. The van der Waals surface area contributed by atoms with E-state index in [-0.39, 0.29) is 23.2 Å². The molecule has 5 unspecified atom stereocenters. The molecule has 1 aliphatic heterocycles. The van der Waals surface area contributed by atoms with Crippen LogP contribution in [-0.4, -0.2) is 32.3 Å². The number of hydrogen-bond acceptors (Lipinski definition) is 5. The second-order valence-corrected chi connectivity index (χ2v) is 5.97. The van der Waals surface area contributed by atoms with Gasteiger partial charge in [0.25, 0.3) is 16.6 Å². The predicted octanol–water partition coefficient (Wildman–Crippen LogP) is -0.335. The van der Waals surface area contributed by atoms with E-state index in [0.717, 1.165) is 6.42 Å². The van der Waals surface area contributed by atoms with Crippen LogP contribution in [0.1, 0.15) is 12.8 Å². The standard InChI is InChI=1S/C8H10O5S/c9-3-12-7-4-1-5-6(2-4)14(10,11)13-8(5)7/h3-8H,1-2H2. The highest BCUT2D eigenvalue weighted by Crippen LogP contribution is 2.55. The molecule has 1 heterocycles. The smallest absolute Gasteiger partial charge is 0.293 e. The van der Waals surface area contributed by atoms with E-state index in [0.29, 0.717) is 12.9 Å². The van der Waals surface area contributed by atoms with Crippen LogP contribution in [0, 0.1) is 11.8 Å². The first kappa shape index (κ1) is 8.67. The summed E-state index contributed by atoms with van der Waals surface area (Å²) in [6.07, 6.45) is 0.648. The van der Waals surface area contributed by atoms with Crippen LogP contribution in [0.25, 0.3) is 0 Å². The van der Waals surface area contributed by atoms with Crippen LogP contribution in [0.3, 0.4) is 0 Å². The lowest BCUT2D eigenvalue weighted by atomic mass is 9.94. The molecular weight excluding hydrogens is 208 g/mol. The van der Waals surface area contributed by atoms with Gasteiger partial charge >= 0.3 is 0 Å². The quantitative estimate of drug-likeness (QED) is 0.468. The van der Waals surface area contributed by atoms with E-state index >= 15 is 0 Å². The molecule has 1 saturated heterocycles. The summed E-state index contributed by atoms with van der Waals surface area (Å²) in [4.78, 5) is 10.2. The molecule has 78 valence electrons. The fourth-order valence-corrected chi connectivity index (χ4v) is 5.02. The van der Waals surface area contributed by atoms with E-state index in [4.69, 9.17) is 8.92 Å². The molecule has 0 amide bonds. The summed E-state index contributed by atoms with van der Waals surface area (Å²) in [6, 6.07) is 0. The molecule has 3 aliphatic rings. The summed E-state index contributed by atoms with van der Waals surface area (Å²) in [5.41, 5.74) is 0. The van der Waals surface area contributed by atoms with Gasteiger partial charge in [-0.2, -0.15) is 8.42 Å². The summed E-state index contributed by atoms with van der Waals surface area (Å²) in [6.45, 7) is 0.384. The van der Waals surface area contributed by atoms with Gasteiger partial charge in [-0.15, -0.1) is 0 Å². The Morgan fingerprint density at radius 2 is 2.14 bits per heavy atom. The molecule has 2 saturated carbocycles. The van der Waals surface area contributed by atoms with Crippen molar-refractivity contribution in [3.8, 4) is 0 Å². The molecule has 0 spiro atoms. The maximum Gasteiger partial charge on any atom is 0.293 e. The maximum absolute atomic E-state index is 11.5. The Kier molecular flexibility index (Phi) is 1.54. The van der Waals surface area contributed by atoms with Gasteiger partial charge in [-0.3, -0.25) is 8.98 Å². The minimum Gasteiger partial charge on any atom is -0.461 e. The van der Waals surface area contributed by atoms with Crippen molar-refractivity contribution in [2.75, 3.05) is 0 Å². The Bertz CT molecular complexity index is 375. The van der Waals surface area contributed by atoms with Gasteiger partial charge in [-0.05, 0) is 12.8 Å². The van der Waals surface area contributed by atoms with Gasteiger partial charge in [-0.1, -0.05) is 0 Å². The Labute approximate surface area is 81.5 Å². The molecule has 6 heteroatoms. The molecule has 0 aromatic rings. The topological polar surface area (TPSA) is 69.7 Å². The van der Waals surface area contributed by atoms with Crippen molar-refractivity contribution in [2.45, 2.75) is 30.3 Å². The van der Waals surface area contributed by atoms with Crippen molar-refractivity contribution in [1.82, 2.24) is 0 Å². The van der Waals surface area contributed by atoms with E-state index in [2.05, 4.69) is 0 Å². The highest BCUT2D eigenvalue weighted by Gasteiger charge is 2.65. The van der Waals surface area contributed by atoms with Gasteiger partial charge < -0.3 is 4.74 Å². The minimum absolute atomic E-state index is 0.0509. The summed E-state index contributed by atoms with van der Waals surface area (Å²) in [5, 5.41) is -0.344. The van der Waals surface area contributed by atoms with Gasteiger partial charge in [0.15, 0.2) is 0 Å². The number of carbonyl (C=O) groups is 1. The first-order chi connectivity index (χ1) is 6.63.